The SMILES string of the molecule is CCN(C(C)C)S(=O)(=O)c1cccc(C=CC(=O)O)c1. The highest BCUT2D eigenvalue weighted by atomic mass is 32.2. The van der Waals surface area contributed by atoms with Crippen LogP contribution in [0.15, 0.2) is 35.2 Å². The van der Waals surface area contributed by atoms with Crippen molar-refractivity contribution in [2.24, 2.45) is 0 Å². The van der Waals surface area contributed by atoms with Crippen LogP contribution in [0, 0.1) is 0 Å². The van der Waals surface area contributed by atoms with Gasteiger partial charge in [-0.15, -0.1) is 0 Å². The molecule has 5 nitrogen and oxygen atoms in total. The molecule has 1 aromatic rings. The van der Waals surface area contributed by atoms with E-state index >= 15 is 0 Å². The minimum Gasteiger partial charge on any atom is -0.478 e. The van der Waals surface area contributed by atoms with Crippen LogP contribution in [0.4, 0.5) is 0 Å². The molecule has 110 valence electrons. The van der Waals surface area contributed by atoms with Crippen molar-refractivity contribution in [2.75, 3.05) is 6.54 Å². The van der Waals surface area contributed by atoms with Crippen LogP contribution in [0.3, 0.4) is 0 Å². The summed E-state index contributed by atoms with van der Waals surface area (Å²) in [6.45, 7) is 5.80. The highest BCUT2D eigenvalue weighted by Gasteiger charge is 2.25. The minimum absolute atomic E-state index is 0.136. The molecule has 0 heterocycles. The van der Waals surface area contributed by atoms with E-state index in [4.69, 9.17) is 5.11 Å². The molecular weight excluding hydrogens is 278 g/mol. The highest BCUT2D eigenvalue weighted by Crippen LogP contribution is 2.19. The van der Waals surface area contributed by atoms with Crippen molar-refractivity contribution < 1.29 is 18.3 Å². The van der Waals surface area contributed by atoms with Gasteiger partial charge < -0.3 is 5.11 Å². The molecule has 0 aromatic heterocycles. The summed E-state index contributed by atoms with van der Waals surface area (Å²) in [5, 5.41) is 8.59. The second kappa shape index (κ2) is 6.67. The molecule has 6 heteroatoms. The van der Waals surface area contributed by atoms with E-state index in [1.165, 1.54) is 22.5 Å². The molecule has 0 saturated carbocycles. The summed E-state index contributed by atoms with van der Waals surface area (Å²) in [6, 6.07) is 6.11. The van der Waals surface area contributed by atoms with Crippen LogP contribution in [0.5, 0.6) is 0 Å². The second-order valence-electron chi connectivity index (χ2n) is 4.55. The Labute approximate surface area is 119 Å². The zero-order chi connectivity index (χ0) is 15.3. The third-order valence-electron chi connectivity index (χ3n) is 2.77. The average molecular weight is 297 g/mol. The molecule has 0 saturated heterocycles. The summed E-state index contributed by atoms with van der Waals surface area (Å²) in [7, 11) is -3.56. The Hall–Kier alpha value is -1.66. The molecular formula is C14H19NO4S. The molecule has 0 unspecified atom stereocenters. The third kappa shape index (κ3) is 3.91. The topological polar surface area (TPSA) is 74.7 Å². The van der Waals surface area contributed by atoms with Crippen LogP contribution in [-0.2, 0) is 14.8 Å². The molecule has 0 aliphatic carbocycles. The number of rotatable bonds is 6. The summed E-state index contributed by atoms with van der Waals surface area (Å²) in [5.74, 6) is -1.07. The number of carboxylic acids is 1. The molecule has 0 atom stereocenters. The Kier molecular flexibility index (Phi) is 5.47. The summed E-state index contributed by atoms with van der Waals surface area (Å²) in [6.07, 6.45) is 2.35. The van der Waals surface area contributed by atoms with Crippen LogP contribution in [0.2, 0.25) is 0 Å². The Balaban J connectivity index is 3.20. The lowest BCUT2D eigenvalue weighted by molar-refractivity contribution is -0.131. The quantitative estimate of drug-likeness (QED) is 0.817. The summed E-state index contributed by atoms with van der Waals surface area (Å²) in [4.78, 5) is 10.7. The lowest BCUT2D eigenvalue weighted by atomic mass is 10.2. The molecule has 0 amide bonds. The van der Waals surface area contributed by atoms with E-state index in [0.717, 1.165) is 6.08 Å². The maximum atomic E-state index is 12.5. The predicted molar refractivity (Wildman–Crippen MR) is 77.8 cm³/mol. The number of benzene rings is 1. The van der Waals surface area contributed by atoms with Gasteiger partial charge in [-0.25, -0.2) is 13.2 Å². The molecule has 0 aliphatic rings. The highest BCUT2D eigenvalue weighted by molar-refractivity contribution is 7.89. The van der Waals surface area contributed by atoms with Gasteiger partial charge in [0.25, 0.3) is 0 Å². The van der Waals surface area contributed by atoms with Gasteiger partial charge in [0.1, 0.15) is 0 Å². The van der Waals surface area contributed by atoms with Crippen LogP contribution in [0.1, 0.15) is 26.3 Å². The van der Waals surface area contributed by atoms with Crippen molar-refractivity contribution in [3.05, 3.63) is 35.9 Å². The minimum atomic E-state index is -3.56. The van der Waals surface area contributed by atoms with Crippen LogP contribution >= 0.6 is 0 Å². The van der Waals surface area contributed by atoms with E-state index in [9.17, 15) is 13.2 Å². The van der Waals surface area contributed by atoms with Crippen LogP contribution in [-0.4, -0.2) is 36.4 Å². The van der Waals surface area contributed by atoms with Crippen molar-refractivity contribution in [2.45, 2.75) is 31.7 Å². The normalized spacial score (nSPS) is 12.4. The first-order chi connectivity index (χ1) is 9.28. The number of sulfonamides is 1. The largest absolute Gasteiger partial charge is 0.478 e. The van der Waals surface area contributed by atoms with Gasteiger partial charge in [0.2, 0.25) is 10.0 Å². The lowest BCUT2D eigenvalue weighted by Gasteiger charge is -2.24. The van der Waals surface area contributed by atoms with Crippen molar-refractivity contribution in [1.29, 1.82) is 0 Å². The standard InChI is InChI=1S/C14H19NO4S/c1-4-15(11(2)3)20(18,19)13-7-5-6-12(10-13)8-9-14(16)17/h5-11H,4H2,1-3H3,(H,16,17). The van der Waals surface area contributed by atoms with Gasteiger partial charge in [-0.2, -0.15) is 4.31 Å². The summed E-state index contributed by atoms with van der Waals surface area (Å²) < 4.78 is 26.4. The van der Waals surface area contributed by atoms with Gasteiger partial charge in [0.15, 0.2) is 0 Å². The van der Waals surface area contributed by atoms with E-state index in [0.29, 0.717) is 12.1 Å². The van der Waals surface area contributed by atoms with E-state index in [1.807, 2.05) is 13.8 Å². The van der Waals surface area contributed by atoms with Crippen molar-refractivity contribution in [3.63, 3.8) is 0 Å². The predicted octanol–water partition coefficient (Wildman–Crippen LogP) is 2.20. The molecule has 0 aliphatic heterocycles. The van der Waals surface area contributed by atoms with Gasteiger partial charge in [0.05, 0.1) is 4.90 Å². The number of hydrogen-bond donors (Lipinski definition) is 1. The fourth-order valence-electron chi connectivity index (χ4n) is 1.89. The maximum Gasteiger partial charge on any atom is 0.328 e. The first kappa shape index (κ1) is 16.4. The third-order valence-corrected chi connectivity index (χ3v) is 4.92. The van der Waals surface area contributed by atoms with Gasteiger partial charge in [-0.1, -0.05) is 19.1 Å². The van der Waals surface area contributed by atoms with Crippen molar-refractivity contribution in [1.82, 2.24) is 4.31 Å². The first-order valence-corrected chi connectivity index (χ1v) is 7.76. The monoisotopic (exact) mass is 297 g/mol. The lowest BCUT2D eigenvalue weighted by Crippen LogP contribution is -2.36. The van der Waals surface area contributed by atoms with E-state index in [1.54, 1.807) is 19.1 Å². The molecule has 0 spiro atoms. The molecule has 1 rings (SSSR count). The van der Waals surface area contributed by atoms with Gasteiger partial charge in [0, 0.05) is 18.7 Å². The van der Waals surface area contributed by atoms with Gasteiger partial charge >= 0.3 is 5.97 Å². The smallest absolute Gasteiger partial charge is 0.328 e. The van der Waals surface area contributed by atoms with Gasteiger partial charge in [-0.3, -0.25) is 0 Å². The molecule has 0 bridgehead atoms. The Morgan fingerprint density at radius 3 is 2.55 bits per heavy atom. The summed E-state index contributed by atoms with van der Waals surface area (Å²) >= 11 is 0. The fraction of sp³-hybridized carbons (Fsp3) is 0.357. The Bertz CT molecular complexity index is 605. The molecule has 1 aromatic carbocycles. The number of hydrogen-bond acceptors (Lipinski definition) is 3. The second-order valence-corrected chi connectivity index (χ2v) is 6.44. The fourth-order valence-corrected chi connectivity index (χ4v) is 3.60. The van der Waals surface area contributed by atoms with E-state index in [-0.39, 0.29) is 10.9 Å². The zero-order valence-corrected chi connectivity index (χ0v) is 12.6. The van der Waals surface area contributed by atoms with Gasteiger partial charge in [-0.05, 0) is 37.6 Å². The van der Waals surface area contributed by atoms with E-state index < -0.39 is 16.0 Å². The first-order valence-electron chi connectivity index (χ1n) is 6.32. The summed E-state index contributed by atoms with van der Waals surface area (Å²) in [5.41, 5.74) is 0.535. The zero-order valence-electron chi connectivity index (χ0n) is 11.8. The van der Waals surface area contributed by atoms with Crippen molar-refractivity contribution in [3.8, 4) is 0 Å². The molecule has 0 radical (unpaired) electrons. The number of carbonyl (C=O) groups is 1. The number of carboxylic acid groups (broad SMARTS) is 1. The number of aliphatic carboxylic acids is 1. The van der Waals surface area contributed by atoms with E-state index in [2.05, 4.69) is 0 Å². The average Bonchev–Trinajstić information content (AvgIpc) is 2.36. The van der Waals surface area contributed by atoms with Crippen LogP contribution < -0.4 is 0 Å². The maximum absolute atomic E-state index is 12.5. The molecule has 20 heavy (non-hydrogen) atoms. The van der Waals surface area contributed by atoms with Crippen molar-refractivity contribution >= 4 is 22.1 Å². The molecule has 1 N–H and O–H groups in total. The molecule has 0 fully saturated rings. The Morgan fingerprint density at radius 2 is 2.05 bits per heavy atom. The Morgan fingerprint density at radius 1 is 1.40 bits per heavy atom. The van der Waals surface area contributed by atoms with Crippen LogP contribution in [0.25, 0.3) is 6.08 Å². The number of nitrogens with zero attached hydrogens (tertiary/aromatic N) is 1.